The van der Waals surface area contributed by atoms with Crippen LogP contribution >= 0.6 is 22.7 Å². The van der Waals surface area contributed by atoms with Crippen molar-refractivity contribution in [3.8, 4) is 0 Å². The summed E-state index contributed by atoms with van der Waals surface area (Å²) < 4.78 is 2.48. The molecule has 2 nitrogen and oxygen atoms in total. The molecule has 1 atom stereocenters. The molecule has 3 aromatic heterocycles. The third-order valence-corrected chi connectivity index (χ3v) is 4.79. The van der Waals surface area contributed by atoms with E-state index in [4.69, 9.17) is 0 Å². The zero-order chi connectivity index (χ0) is 11.8. The number of pyridine rings is 1. The highest BCUT2D eigenvalue weighted by molar-refractivity contribution is 7.26. The van der Waals surface area contributed by atoms with Crippen molar-refractivity contribution in [2.45, 2.75) is 13.0 Å². The van der Waals surface area contributed by atoms with E-state index in [1.54, 1.807) is 35.1 Å². The van der Waals surface area contributed by atoms with Gasteiger partial charge in [0.2, 0.25) is 0 Å². The third-order valence-electron chi connectivity index (χ3n) is 2.64. The van der Waals surface area contributed by atoms with Gasteiger partial charge in [0, 0.05) is 32.2 Å². The lowest BCUT2D eigenvalue weighted by atomic mass is 10.1. The van der Waals surface area contributed by atoms with Crippen molar-refractivity contribution in [2.24, 2.45) is 0 Å². The van der Waals surface area contributed by atoms with Gasteiger partial charge in [-0.15, -0.1) is 22.7 Å². The molecule has 0 bridgehead atoms. The van der Waals surface area contributed by atoms with Gasteiger partial charge in [0.1, 0.15) is 6.10 Å². The lowest BCUT2D eigenvalue weighted by Crippen LogP contribution is -1.98. The van der Waals surface area contributed by atoms with E-state index in [0.29, 0.717) is 0 Å². The molecule has 3 aromatic rings. The Morgan fingerprint density at radius 1 is 1.24 bits per heavy atom. The van der Waals surface area contributed by atoms with E-state index in [9.17, 15) is 5.11 Å². The van der Waals surface area contributed by atoms with E-state index in [1.807, 2.05) is 13.0 Å². The molecule has 17 heavy (non-hydrogen) atoms. The summed E-state index contributed by atoms with van der Waals surface area (Å²) in [5.41, 5.74) is 1.93. The first-order chi connectivity index (χ1) is 8.24. The van der Waals surface area contributed by atoms with Crippen molar-refractivity contribution in [1.29, 1.82) is 0 Å². The molecule has 0 saturated heterocycles. The van der Waals surface area contributed by atoms with E-state index in [1.165, 1.54) is 9.40 Å². The molecule has 0 radical (unpaired) electrons. The van der Waals surface area contributed by atoms with Crippen molar-refractivity contribution < 1.29 is 5.11 Å². The fourth-order valence-corrected chi connectivity index (χ4v) is 3.95. The largest absolute Gasteiger partial charge is 0.383 e. The molecule has 0 fully saturated rings. The van der Waals surface area contributed by atoms with Crippen molar-refractivity contribution in [3.63, 3.8) is 0 Å². The number of aliphatic hydroxyl groups excluding tert-OH is 1. The number of nitrogens with zero attached hydrogens (tertiary/aromatic N) is 1. The second-order valence-electron chi connectivity index (χ2n) is 4.00. The highest BCUT2D eigenvalue weighted by atomic mass is 32.1. The lowest BCUT2D eigenvalue weighted by molar-refractivity contribution is 0.224. The minimum Gasteiger partial charge on any atom is -0.383 e. The summed E-state index contributed by atoms with van der Waals surface area (Å²) in [6.45, 7) is 1.98. The molecule has 3 heterocycles. The molecule has 4 heteroatoms. The predicted molar refractivity (Wildman–Crippen MR) is 72.7 cm³/mol. The smallest absolute Gasteiger partial charge is 0.115 e. The number of rotatable bonds is 2. The third kappa shape index (κ3) is 1.99. The molecule has 0 amide bonds. The van der Waals surface area contributed by atoms with Gasteiger partial charge in [0.05, 0.1) is 0 Å². The van der Waals surface area contributed by atoms with Gasteiger partial charge in [-0.1, -0.05) is 6.07 Å². The van der Waals surface area contributed by atoms with Crippen LogP contribution < -0.4 is 0 Å². The molecular weight excluding hydrogens is 250 g/mol. The number of thiophene rings is 2. The average Bonchev–Trinajstić information content (AvgIpc) is 2.88. The fraction of sp³-hybridized carbons (Fsp3) is 0.154. The minimum atomic E-state index is -0.563. The average molecular weight is 261 g/mol. The monoisotopic (exact) mass is 261 g/mol. The Bertz CT molecular complexity index is 628. The predicted octanol–water partition coefficient (Wildman–Crippen LogP) is 3.75. The maximum Gasteiger partial charge on any atom is 0.115 e. The SMILES string of the molecule is Cc1cncc(C(O)c2cc3sccc3s2)c1. The Balaban J connectivity index is 2.01. The standard InChI is InChI=1S/C13H11NOS2/c1-8-4-9(7-14-6-8)13(15)12-5-11-10(17-12)2-3-16-11/h2-7,13,15H,1H3. The van der Waals surface area contributed by atoms with Gasteiger partial charge in [-0.25, -0.2) is 0 Å². The van der Waals surface area contributed by atoms with Crippen molar-refractivity contribution in [1.82, 2.24) is 4.98 Å². The Morgan fingerprint density at radius 3 is 2.88 bits per heavy atom. The maximum atomic E-state index is 10.3. The number of aromatic nitrogens is 1. The molecule has 0 aliphatic heterocycles. The van der Waals surface area contributed by atoms with Gasteiger partial charge in [-0.05, 0) is 30.0 Å². The van der Waals surface area contributed by atoms with E-state index >= 15 is 0 Å². The Kier molecular flexibility index (Phi) is 2.70. The second-order valence-corrected chi connectivity index (χ2v) is 6.06. The molecule has 0 aliphatic rings. The van der Waals surface area contributed by atoms with Crippen LogP contribution in [0.1, 0.15) is 22.1 Å². The Hall–Kier alpha value is -1.23. The van der Waals surface area contributed by atoms with Crippen LogP contribution in [0.4, 0.5) is 0 Å². The summed E-state index contributed by atoms with van der Waals surface area (Å²) in [7, 11) is 0. The summed E-state index contributed by atoms with van der Waals surface area (Å²) in [6, 6.07) is 6.14. The number of fused-ring (bicyclic) bond motifs is 1. The number of hydrogen-bond acceptors (Lipinski definition) is 4. The summed E-state index contributed by atoms with van der Waals surface area (Å²) in [5, 5.41) is 12.4. The molecule has 3 rings (SSSR count). The molecule has 86 valence electrons. The zero-order valence-electron chi connectivity index (χ0n) is 9.25. The fourth-order valence-electron chi connectivity index (χ4n) is 1.81. The van der Waals surface area contributed by atoms with Crippen molar-refractivity contribution >= 4 is 32.1 Å². The minimum absolute atomic E-state index is 0.563. The highest BCUT2D eigenvalue weighted by Crippen LogP contribution is 2.35. The first kappa shape index (κ1) is 10.9. The van der Waals surface area contributed by atoms with Crippen molar-refractivity contribution in [3.05, 3.63) is 52.0 Å². The quantitative estimate of drug-likeness (QED) is 0.762. The Labute approximate surface area is 107 Å². The summed E-state index contributed by atoms with van der Waals surface area (Å²) in [6.07, 6.45) is 2.96. The van der Waals surface area contributed by atoms with Crippen molar-refractivity contribution in [2.75, 3.05) is 0 Å². The molecule has 1 unspecified atom stereocenters. The first-order valence-electron chi connectivity index (χ1n) is 5.30. The van der Waals surface area contributed by atoms with Crippen LogP contribution in [0.25, 0.3) is 9.40 Å². The number of hydrogen-bond donors (Lipinski definition) is 1. The van der Waals surface area contributed by atoms with Crippen LogP contribution in [0.2, 0.25) is 0 Å². The molecule has 0 aliphatic carbocycles. The van der Waals surface area contributed by atoms with E-state index in [-0.39, 0.29) is 0 Å². The van der Waals surface area contributed by atoms with Gasteiger partial charge < -0.3 is 5.11 Å². The van der Waals surface area contributed by atoms with Gasteiger partial charge in [-0.2, -0.15) is 0 Å². The van der Waals surface area contributed by atoms with Crippen LogP contribution in [0, 0.1) is 6.92 Å². The maximum absolute atomic E-state index is 10.3. The highest BCUT2D eigenvalue weighted by Gasteiger charge is 2.14. The normalized spacial score (nSPS) is 13.1. The summed E-state index contributed by atoms with van der Waals surface area (Å²) in [5.74, 6) is 0. The number of aryl methyl sites for hydroxylation is 1. The molecule has 0 aromatic carbocycles. The zero-order valence-corrected chi connectivity index (χ0v) is 10.9. The molecule has 0 saturated carbocycles. The second kappa shape index (κ2) is 4.22. The van der Waals surface area contributed by atoms with Gasteiger partial charge in [-0.3, -0.25) is 4.98 Å². The molecule has 1 N–H and O–H groups in total. The first-order valence-corrected chi connectivity index (χ1v) is 7.00. The molecular formula is C13H11NOS2. The van der Waals surface area contributed by atoms with Gasteiger partial charge >= 0.3 is 0 Å². The summed E-state index contributed by atoms with van der Waals surface area (Å²) in [4.78, 5) is 5.11. The topological polar surface area (TPSA) is 33.1 Å². The van der Waals surface area contributed by atoms with E-state index in [2.05, 4.69) is 22.5 Å². The number of aliphatic hydroxyl groups is 1. The lowest BCUT2D eigenvalue weighted by Gasteiger charge is -2.08. The van der Waals surface area contributed by atoms with E-state index < -0.39 is 6.10 Å². The molecule has 0 spiro atoms. The Morgan fingerprint density at radius 2 is 2.12 bits per heavy atom. The van der Waals surface area contributed by atoms with Crippen LogP contribution in [-0.2, 0) is 0 Å². The van der Waals surface area contributed by atoms with Crippen LogP contribution in [0.15, 0.2) is 36.0 Å². The van der Waals surface area contributed by atoms with Crippen LogP contribution in [0.5, 0.6) is 0 Å². The summed E-state index contributed by atoms with van der Waals surface area (Å²) >= 11 is 3.35. The van der Waals surface area contributed by atoms with Gasteiger partial charge in [0.25, 0.3) is 0 Å². The van der Waals surface area contributed by atoms with E-state index in [0.717, 1.165) is 16.0 Å². The van der Waals surface area contributed by atoms with Crippen LogP contribution in [-0.4, -0.2) is 10.1 Å². The van der Waals surface area contributed by atoms with Gasteiger partial charge in [0.15, 0.2) is 0 Å². The van der Waals surface area contributed by atoms with Crippen LogP contribution in [0.3, 0.4) is 0 Å².